The number of anilines is 3. The van der Waals surface area contributed by atoms with Crippen LogP contribution in [0.1, 0.15) is 23.2 Å². The summed E-state index contributed by atoms with van der Waals surface area (Å²) in [5.41, 5.74) is 7.44. The molecule has 0 aromatic carbocycles. The quantitative estimate of drug-likeness (QED) is 0.578. The second kappa shape index (κ2) is 8.86. The average molecular weight is 468 g/mol. The first-order valence-electron chi connectivity index (χ1n) is 11.2. The van der Waals surface area contributed by atoms with Gasteiger partial charge in [0.05, 0.1) is 36.0 Å². The molecule has 3 aromatic rings. The van der Waals surface area contributed by atoms with Crippen LogP contribution < -0.4 is 16.0 Å². The van der Waals surface area contributed by atoms with Crippen molar-refractivity contribution in [2.75, 3.05) is 55.7 Å². The van der Waals surface area contributed by atoms with Crippen molar-refractivity contribution in [1.29, 1.82) is 0 Å². The number of hydrogen-bond donors (Lipinski definition) is 2. The zero-order valence-electron chi connectivity index (χ0n) is 18.8. The summed E-state index contributed by atoms with van der Waals surface area (Å²) in [6.45, 7) is 3.44. The highest BCUT2D eigenvalue weighted by molar-refractivity contribution is 6.12. The molecule has 3 aromatic heterocycles. The number of likely N-dealkylation sites (N-methyl/N-ethyl adjacent to an activating group) is 1. The molecule has 34 heavy (non-hydrogen) atoms. The lowest BCUT2D eigenvalue weighted by Gasteiger charge is -2.38. The minimum atomic E-state index is -0.589. The molecule has 178 valence electrons. The number of hydrogen-bond acceptors (Lipinski definition) is 8. The van der Waals surface area contributed by atoms with Crippen molar-refractivity contribution in [2.45, 2.75) is 18.9 Å². The van der Waals surface area contributed by atoms with Gasteiger partial charge in [-0.1, -0.05) is 0 Å². The van der Waals surface area contributed by atoms with Crippen LogP contribution in [0.5, 0.6) is 0 Å². The molecule has 12 heteroatoms. The van der Waals surface area contributed by atoms with Gasteiger partial charge < -0.3 is 20.9 Å². The van der Waals surface area contributed by atoms with Gasteiger partial charge in [0.1, 0.15) is 5.56 Å². The van der Waals surface area contributed by atoms with E-state index in [2.05, 4.69) is 30.2 Å². The van der Waals surface area contributed by atoms with Gasteiger partial charge in [-0.05, 0) is 32.5 Å². The second-order valence-electron chi connectivity index (χ2n) is 8.60. The number of amides is 2. The predicted molar refractivity (Wildman–Crippen MR) is 124 cm³/mol. The predicted octanol–water partition coefficient (Wildman–Crippen LogP) is 0.841. The number of nitrogens with two attached hydrogens (primary N) is 1. The van der Waals surface area contributed by atoms with Crippen molar-refractivity contribution >= 4 is 34.7 Å². The van der Waals surface area contributed by atoms with Gasteiger partial charge in [0.25, 0.3) is 5.91 Å². The number of aromatic nitrogens is 4. The molecular weight excluding hydrogens is 441 g/mol. The number of rotatable bonds is 4. The molecule has 0 aliphatic carbocycles. The summed E-state index contributed by atoms with van der Waals surface area (Å²) in [5, 5.41) is 6.82. The molecule has 0 bridgehead atoms. The summed E-state index contributed by atoms with van der Waals surface area (Å²) < 4.78 is 14.6. The summed E-state index contributed by atoms with van der Waals surface area (Å²) >= 11 is 0. The molecular formula is C22H26FN9O2. The summed E-state index contributed by atoms with van der Waals surface area (Å²) in [5.74, 6) is -0.965. The molecule has 5 rings (SSSR count). The molecule has 2 saturated heterocycles. The fourth-order valence-corrected chi connectivity index (χ4v) is 4.69. The average Bonchev–Trinajstić information content (AvgIpc) is 3.40. The van der Waals surface area contributed by atoms with Gasteiger partial charge >= 0.3 is 0 Å². The molecule has 1 atom stereocenters. The largest absolute Gasteiger partial charge is 0.381 e. The number of nitrogen functional groups attached to an aromatic ring is 1. The van der Waals surface area contributed by atoms with Crippen LogP contribution in [-0.4, -0.2) is 87.0 Å². The third kappa shape index (κ3) is 4.00. The van der Waals surface area contributed by atoms with Crippen molar-refractivity contribution in [3.8, 4) is 0 Å². The summed E-state index contributed by atoms with van der Waals surface area (Å²) in [4.78, 5) is 40.2. The van der Waals surface area contributed by atoms with Crippen LogP contribution in [-0.2, 0) is 4.79 Å². The zero-order valence-corrected chi connectivity index (χ0v) is 18.8. The van der Waals surface area contributed by atoms with Crippen molar-refractivity contribution in [2.24, 2.45) is 0 Å². The highest BCUT2D eigenvalue weighted by Crippen LogP contribution is 2.28. The smallest absolute Gasteiger partial charge is 0.263 e. The van der Waals surface area contributed by atoms with E-state index in [9.17, 15) is 14.0 Å². The molecule has 5 heterocycles. The standard InChI is InChI=1S/C22H26FN9O2/c1-29-6-2-3-17(29)22(34)31-9-7-30(8-10-31)16-4-5-25-12-15(16)27-21(33)18-19(24)28-32-13-14(23)11-26-20(18)32/h4-5,11-13,17H,2-3,6-10H2,1H3,(H2,24,28)(H,27,33). The number of nitrogens with one attached hydrogen (secondary N) is 1. The van der Waals surface area contributed by atoms with Crippen molar-refractivity contribution in [3.63, 3.8) is 0 Å². The van der Waals surface area contributed by atoms with E-state index < -0.39 is 11.7 Å². The summed E-state index contributed by atoms with van der Waals surface area (Å²) in [6, 6.07) is 1.80. The number of halogens is 1. The molecule has 2 amide bonds. The summed E-state index contributed by atoms with van der Waals surface area (Å²) in [7, 11) is 2.00. The van der Waals surface area contributed by atoms with E-state index in [0.29, 0.717) is 31.9 Å². The van der Waals surface area contributed by atoms with Crippen LogP contribution in [0.4, 0.5) is 21.6 Å². The lowest BCUT2D eigenvalue weighted by Crippen LogP contribution is -2.53. The SMILES string of the molecule is CN1CCCC1C(=O)N1CCN(c2ccncc2NC(=O)c2c(N)nn3cc(F)cnc23)CC1. The Labute approximate surface area is 195 Å². The minimum Gasteiger partial charge on any atom is -0.381 e. The van der Waals surface area contributed by atoms with Gasteiger partial charge in [-0.25, -0.2) is 13.9 Å². The molecule has 3 N–H and O–H groups in total. The number of piperazine rings is 1. The fourth-order valence-electron chi connectivity index (χ4n) is 4.69. The normalized spacial score (nSPS) is 19.1. The van der Waals surface area contributed by atoms with Crippen LogP contribution in [0.15, 0.2) is 30.9 Å². The number of nitrogens with zero attached hydrogens (tertiary/aromatic N) is 7. The molecule has 2 aliphatic rings. The zero-order chi connectivity index (χ0) is 23.8. The van der Waals surface area contributed by atoms with E-state index >= 15 is 0 Å². The second-order valence-corrected chi connectivity index (χ2v) is 8.60. The van der Waals surface area contributed by atoms with Gasteiger partial charge in [0.15, 0.2) is 17.3 Å². The third-order valence-electron chi connectivity index (χ3n) is 6.48. The van der Waals surface area contributed by atoms with E-state index in [1.165, 1.54) is 0 Å². The van der Waals surface area contributed by atoms with Gasteiger partial charge in [-0.15, -0.1) is 5.10 Å². The Hall–Kier alpha value is -3.80. The lowest BCUT2D eigenvalue weighted by atomic mass is 10.1. The maximum atomic E-state index is 13.5. The number of pyridine rings is 1. The Bertz CT molecular complexity index is 1240. The topological polar surface area (TPSA) is 125 Å². The molecule has 2 fully saturated rings. The number of fused-ring (bicyclic) bond motifs is 1. The van der Waals surface area contributed by atoms with Crippen LogP contribution in [0.25, 0.3) is 5.65 Å². The van der Waals surface area contributed by atoms with Gasteiger partial charge in [-0.3, -0.25) is 19.5 Å². The number of likely N-dealkylation sites (tertiary alicyclic amines) is 1. The van der Waals surface area contributed by atoms with Gasteiger partial charge in [0, 0.05) is 32.4 Å². The first-order valence-corrected chi connectivity index (χ1v) is 11.2. The molecule has 0 spiro atoms. The molecule has 11 nitrogen and oxygen atoms in total. The van der Waals surface area contributed by atoms with Crippen LogP contribution >= 0.6 is 0 Å². The number of carbonyl (C=O) groups excluding carboxylic acids is 2. The van der Waals surface area contributed by atoms with Gasteiger partial charge in [-0.2, -0.15) is 0 Å². The Morgan fingerprint density at radius 3 is 2.71 bits per heavy atom. The van der Waals surface area contributed by atoms with E-state index in [0.717, 1.165) is 42.0 Å². The Morgan fingerprint density at radius 1 is 1.18 bits per heavy atom. The third-order valence-corrected chi connectivity index (χ3v) is 6.48. The minimum absolute atomic E-state index is 0.0271. The highest BCUT2D eigenvalue weighted by atomic mass is 19.1. The Balaban J connectivity index is 1.31. The first kappa shape index (κ1) is 22.0. The van der Waals surface area contributed by atoms with E-state index in [1.807, 2.05) is 18.0 Å². The lowest BCUT2D eigenvalue weighted by molar-refractivity contribution is -0.135. The molecule has 0 radical (unpaired) electrons. The van der Waals surface area contributed by atoms with Crippen molar-refractivity contribution < 1.29 is 14.0 Å². The van der Waals surface area contributed by atoms with Crippen LogP contribution in [0.3, 0.4) is 0 Å². The van der Waals surface area contributed by atoms with Crippen LogP contribution in [0, 0.1) is 5.82 Å². The van der Waals surface area contributed by atoms with Gasteiger partial charge in [0.2, 0.25) is 5.91 Å². The molecule has 1 unspecified atom stereocenters. The monoisotopic (exact) mass is 467 g/mol. The maximum absolute atomic E-state index is 13.5. The van der Waals surface area contributed by atoms with Crippen molar-refractivity contribution in [1.82, 2.24) is 29.4 Å². The first-order chi connectivity index (χ1) is 16.4. The van der Waals surface area contributed by atoms with Crippen LogP contribution in [0.2, 0.25) is 0 Å². The molecule has 0 saturated carbocycles. The van der Waals surface area contributed by atoms with E-state index in [4.69, 9.17) is 5.73 Å². The highest BCUT2D eigenvalue weighted by Gasteiger charge is 2.33. The summed E-state index contributed by atoms with van der Waals surface area (Å²) in [6.07, 6.45) is 7.29. The van der Waals surface area contributed by atoms with E-state index in [-0.39, 0.29) is 29.0 Å². The van der Waals surface area contributed by atoms with E-state index in [1.54, 1.807) is 12.4 Å². The van der Waals surface area contributed by atoms with Crippen molar-refractivity contribution in [3.05, 3.63) is 42.2 Å². The maximum Gasteiger partial charge on any atom is 0.263 e. The Morgan fingerprint density at radius 2 is 1.97 bits per heavy atom. The molecule has 2 aliphatic heterocycles. The Kier molecular flexibility index (Phi) is 5.74. The number of carbonyl (C=O) groups is 2. The fraction of sp³-hybridized carbons (Fsp3) is 0.409.